The van der Waals surface area contributed by atoms with Crippen molar-refractivity contribution in [2.24, 2.45) is 5.92 Å². The van der Waals surface area contributed by atoms with Gasteiger partial charge in [0.05, 0.1) is 6.04 Å². The van der Waals surface area contributed by atoms with E-state index in [0.717, 1.165) is 6.42 Å². The molecule has 0 saturated carbocycles. The molecule has 1 unspecified atom stereocenters. The van der Waals surface area contributed by atoms with Crippen molar-refractivity contribution in [3.63, 3.8) is 0 Å². The summed E-state index contributed by atoms with van der Waals surface area (Å²) in [7, 11) is 1.58. The third kappa shape index (κ3) is 4.52. The molecular weight excluding hydrogens is 288 g/mol. The lowest BCUT2D eigenvalue weighted by Crippen LogP contribution is -2.20. The third-order valence-electron chi connectivity index (χ3n) is 3.72. The van der Waals surface area contributed by atoms with E-state index in [1.54, 1.807) is 19.2 Å². The summed E-state index contributed by atoms with van der Waals surface area (Å²) in [5.74, 6) is 0.985. The first-order chi connectivity index (χ1) is 11.0. The number of aromatic nitrogens is 2. The number of rotatable bonds is 6. The maximum atomic E-state index is 11.5. The van der Waals surface area contributed by atoms with E-state index < -0.39 is 0 Å². The molecule has 0 fully saturated rings. The minimum Gasteiger partial charge on any atom is -0.362 e. The van der Waals surface area contributed by atoms with Crippen LogP contribution < -0.4 is 10.6 Å². The van der Waals surface area contributed by atoms with Crippen molar-refractivity contribution in [3.05, 3.63) is 53.2 Å². The van der Waals surface area contributed by atoms with E-state index in [1.165, 1.54) is 11.1 Å². The Hall–Kier alpha value is -2.43. The van der Waals surface area contributed by atoms with Gasteiger partial charge in [0.15, 0.2) is 5.69 Å². The molecule has 0 aliphatic rings. The summed E-state index contributed by atoms with van der Waals surface area (Å²) < 4.78 is 0. The van der Waals surface area contributed by atoms with E-state index in [1.807, 2.05) is 6.07 Å². The van der Waals surface area contributed by atoms with Crippen LogP contribution in [-0.2, 0) is 0 Å². The van der Waals surface area contributed by atoms with Gasteiger partial charge in [-0.2, -0.15) is 0 Å². The summed E-state index contributed by atoms with van der Waals surface area (Å²) in [6, 6.07) is 12.0. The molecule has 5 nitrogen and oxygen atoms in total. The lowest BCUT2D eigenvalue weighted by Gasteiger charge is -2.23. The number of anilines is 1. The normalized spacial score (nSPS) is 12.0. The number of hydrogen-bond donors (Lipinski definition) is 2. The fourth-order valence-electron chi connectivity index (χ4n) is 2.55. The molecule has 1 heterocycles. The summed E-state index contributed by atoms with van der Waals surface area (Å²) in [6.07, 6.45) is 0.990. The molecule has 0 bridgehead atoms. The first kappa shape index (κ1) is 16.9. The number of nitrogens with zero attached hydrogens (tertiary/aromatic N) is 2. The van der Waals surface area contributed by atoms with E-state index >= 15 is 0 Å². The molecule has 1 atom stereocenters. The van der Waals surface area contributed by atoms with Crippen molar-refractivity contribution < 1.29 is 4.79 Å². The fourth-order valence-corrected chi connectivity index (χ4v) is 2.55. The average molecular weight is 312 g/mol. The second-order valence-corrected chi connectivity index (χ2v) is 6.07. The first-order valence-electron chi connectivity index (χ1n) is 7.89. The van der Waals surface area contributed by atoms with Gasteiger partial charge in [-0.25, -0.2) is 0 Å². The zero-order valence-corrected chi connectivity index (χ0v) is 14.1. The van der Waals surface area contributed by atoms with Crippen LogP contribution in [0.3, 0.4) is 0 Å². The van der Waals surface area contributed by atoms with E-state index in [0.29, 0.717) is 17.4 Å². The highest BCUT2D eigenvalue weighted by atomic mass is 16.1. The fraction of sp³-hybridized carbons (Fsp3) is 0.389. The number of carbonyl (C=O) groups excluding carboxylic acids is 1. The van der Waals surface area contributed by atoms with E-state index in [2.05, 4.69) is 59.8 Å². The number of carbonyl (C=O) groups is 1. The quantitative estimate of drug-likeness (QED) is 0.858. The SMILES string of the molecule is CNC(=O)c1ccc(NC(CC(C)C)c2ccccc2C)nn1. The molecule has 0 spiro atoms. The zero-order chi connectivity index (χ0) is 16.8. The molecule has 0 saturated heterocycles. The number of nitrogens with one attached hydrogen (secondary N) is 2. The van der Waals surface area contributed by atoms with Crippen LogP contribution in [-0.4, -0.2) is 23.2 Å². The maximum Gasteiger partial charge on any atom is 0.271 e. The smallest absolute Gasteiger partial charge is 0.271 e. The predicted molar refractivity (Wildman–Crippen MR) is 92.4 cm³/mol. The van der Waals surface area contributed by atoms with Crippen molar-refractivity contribution in [1.82, 2.24) is 15.5 Å². The van der Waals surface area contributed by atoms with Gasteiger partial charge in [0.25, 0.3) is 5.91 Å². The van der Waals surface area contributed by atoms with Crippen LogP contribution in [0.4, 0.5) is 5.82 Å². The van der Waals surface area contributed by atoms with Crippen LogP contribution in [0.25, 0.3) is 0 Å². The highest BCUT2D eigenvalue weighted by Crippen LogP contribution is 2.27. The minimum absolute atomic E-state index is 0.163. The monoisotopic (exact) mass is 312 g/mol. The molecular formula is C18H24N4O. The molecule has 0 aliphatic heterocycles. The zero-order valence-electron chi connectivity index (χ0n) is 14.1. The summed E-state index contributed by atoms with van der Waals surface area (Å²) in [5, 5.41) is 14.1. The Labute approximate surface area is 137 Å². The lowest BCUT2D eigenvalue weighted by molar-refractivity contribution is 0.0957. The van der Waals surface area contributed by atoms with Crippen molar-refractivity contribution in [1.29, 1.82) is 0 Å². The van der Waals surface area contributed by atoms with Crippen LogP contribution in [0.2, 0.25) is 0 Å². The number of aryl methyl sites for hydroxylation is 1. The summed E-state index contributed by atoms with van der Waals surface area (Å²) in [6.45, 7) is 6.52. The Morgan fingerprint density at radius 3 is 2.43 bits per heavy atom. The molecule has 1 aromatic carbocycles. The minimum atomic E-state index is -0.235. The van der Waals surface area contributed by atoms with Gasteiger partial charge in [0.2, 0.25) is 0 Å². The average Bonchev–Trinajstić information content (AvgIpc) is 2.54. The van der Waals surface area contributed by atoms with Gasteiger partial charge in [-0.15, -0.1) is 10.2 Å². The van der Waals surface area contributed by atoms with E-state index in [-0.39, 0.29) is 11.9 Å². The van der Waals surface area contributed by atoms with Crippen molar-refractivity contribution in [2.45, 2.75) is 33.2 Å². The Balaban J connectivity index is 2.21. The van der Waals surface area contributed by atoms with Crippen molar-refractivity contribution >= 4 is 11.7 Å². The lowest BCUT2D eigenvalue weighted by atomic mass is 9.94. The van der Waals surface area contributed by atoms with E-state index in [9.17, 15) is 4.79 Å². The third-order valence-corrected chi connectivity index (χ3v) is 3.72. The van der Waals surface area contributed by atoms with Gasteiger partial charge in [-0.1, -0.05) is 38.1 Å². The topological polar surface area (TPSA) is 66.9 Å². The van der Waals surface area contributed by atoms with Crippen LogP contribution >= 0.6 is 0 Å². The largest absolute Gasteiger partial charge is 0.362 e. The predicted octanol–water partition coefficient (Wildman–Crippen LogP) is 3.34. The Morgan fingerprint density at radius 2 is 1.87 bits per heavy atom. The van der Waals surface area contributed by atoms with Gasteiger partial charge >= 0.3 is 0 Å². The molecule has 0 radical (unpaired) electrons. The summed E-state index contributed by atoms with van der Waals surface area (Å²) >= 11 is 0. The molecule has 23 heavy (non-hydrogen) atoms. The van der Waals surface area contributed by atoms with Gasteiger partial charge in [0, 0.05) is 7.05 Å². The van der Waals surface area contributed by atoms with Crippen LogP contribution in [0, 0.1) is 12.8 Å². The molecule has 5 heteroatoms. The molecule has 122 valence electrons. The second-order valence-electron chi connectivity index (χ2n) is 6.07. The van der Waals surface area contributed by atoms with Gasteiger partial charge in [0.1, 0.15) is 5.82 Å². The first-order valence-corrected chi connectivity index (χ1v) is 7.89. The molecule has 1 aromatic heterocycles. The number of benzene rings is 1. The van der Waals surface area contributed by atoms with Gasteiger partial charge in [-0.05, 0) is 42.5 Å². The van der Waals surface area contributed by atoms with Crippen molar-refractivity contribution in [3.8, 4) is 0 Å². The summed E-state index contributed by atoms with van der Waals surface area (Å²) in [5.41, 5.74) is 2.83. The Kier molecular flexibility index (Phi) is 5.68. The molecule has 2 rings (SSSR count). The van der Waals surface area contributed by atoms with Crippen LogP contribution in [0.15, 0.2) is 36.4 Å². The van der Waals surface area contributed by atoms with Gasteiger partial charge in [-0.3, -0.25) is 4.79 Å². The van der Waals surface area contributed by atoms with Crippen molar-refractivity contribution in [2.75, 3.05) is 12.4 Å². The van der Waals surface area contributed by atoms with Gasteiger partial charge < -0.3 is 10.6 Å². The summed E-state index contributed by atoms with van der Waals surface area (Å²) in [4.78, 5) is 11.5. The Morgan fingerprint density at radius 1 is 1.13 bits per heavy atom. The molecule has 1 amide bonds. The molecule has 2 aromatic rings. The molecule has 2 N–H and O–H groups in total. The highest BCUT2D eigenvalue weighted by Gasteiger charge is 2.16. The van der Waals surface area contributed by atoms with Crippen LogP contribution in [0.5, 0.6) is 0 Å². The Bertz CT molecular complexity index is 652. The van der Waals surface area contributed by atoms with Crippen LogP contribution in [0.1, 0.15) is 47.9 Å². The highest BCUT2D eigenvalue weighted by molar-refractivity contribution is 5.91. The second kappa shape index (κ2) is 7.72. The van der Waals surface area contributed by atoms with E-state index in [4.69, 9.17) is 0 Å². The maximum absolute atomic E-state index is 11.5. The number of hydrogen-bond acceptors (Lipinski definition) is 4. The standard InChI is InChI=1S/C18H24N4O/c1-12(2)11-16(14-8-6-5-7-13(14)3)20-17-10-9-15(21-22-17)18(23)19-4/h5-10,12,16H,11H2,1-4H3,(H,19,23)(H,20,22). The number of amides is 1. The molecule has 0 aliphatic carbocycles.